The van der Waals surface area contributed by atoms with Crippen molar-refractivity contribution in [3.63, 3.8) is 0 Å². The van der Waals surface area contributed by atoms with Crippen LogP contribution in [0.4, 0.5) is 10.1 Å². The second-order valence-corrected chi connectivity index (χ2v) is 5.84. The Morgan fingerprint density at radius 2 is 2.08 bits per heavy atom. The summed E-state index contributed by atoms with van der Waals surface area (Å²) in [5.74, 6) is 0.355. The number of ether oxygens (including phenoxy) is 1. The van der Waals surface area contributed by atoms with Crippen molar-refractivity contribution in [3.8, 4) is 16.9 Å². The van der Waals surface area contributed by atoms with Crippen molar-refractivity contribution in [2.24, 2.45) is 0 Å². The zero-order chi connectivity index (χ0) is 17.1. The Kier molecular flexibility index (Phi) is 4.81. The number of nitrogens with one attached hydrogen (secondary N) is 1. The molecule has 0 unspecified atom stereocenters. The topological polar surface area (TPSA) is 41.6 Å². The van der Waals surface area contributed by atoms with Gasteiger partial charge in [-0.3, -0.25) is 9.69 Å². The van der Waals surface area contributed by atoms with Crippen LogP contribution in [-0.4, -0.2) is 31.5 Å². The number of anilines is 1. The van der Waals surface area contributed by atoms with Crippen molar-refractivity contribution >= 4 is 12.1 Å². The first kappa shape index (κ1) is 16.5. The molecule has 1 N–H and O–H groups in total. The van der Waals surface area contributed by atoms with E-state index < -0.39 is 0 Å². The van der Waals surface area contributed by atoms with Crippen LogP contribution in [0.3, 0.4) is 0 Å². The molecular formula is C19H21FN2O2. The molecule has 24 heavy (non-hydrogen) atoms. The molecule has 0 radical (unpaired) electrons. The fourth-order valence-corrected chi connectivity index (χ4v) is 3.34. The fraction of sp³-hybridized carbons (Fsp3) is 0.316. The molecule has 0 aliphatic carbocycles. The maximum Gasteiger partial charge on any atom is 0.211 e. The van der Waals surface area contributed by atoms with Crippen molar-refractivity contribution in [1.82, 2.24) is 4.90 Å². The maximum atomic E-state index is 13.8. The van der Waals surface area contributed by atoms with Gasteiger partial charge >= 0.3 is 0 Å². The molecule has 0 spiro atoms. The lowest BCUT2D eigenvalue weighted by molar-refractivity contribution is -0.105. The molecule has 1 aliphatic heterocycles. The van der Waals surface area contributed by atoms with Crippen LogP contribution in [0.5, 0.6) is 5.75 Å². The Bertz CT molecular complexity index is 761. The molecule has 126 valence electrons. The van der Waals surface area contributed by atoms with Gasteiger partial charge in [-0.25, -0.2) is 4.39 Å². The molecule has 0 aromatic heterocycles. The number of benzene rings is 2. The highest BCUT2D eigenvalue weighted by Gasteiger charge is 2.23. The third-order valence-corrected chi connectivity index (χ3v) is 4.60. The third-order valence-electron chi connectivity index (χ3n) is 4.60. The molecule has 0 saturated carbocycles. The number of rotatable bonds is 5. The van der Waals surface area contributed by atoms with Crippen molar-refractivity contribution in [1.29, 1.82) is 0 Å². The summed E-state index contributed by atoms with van der Waals surface area (Å²) in [5, 5.41) is 2.79. The number of amides is 1. The first-order chi connectivity index (χ1) is 11.7. The van der Waals surface area contributed by atoms with E-state index in [0.717, 1.165) is 54.0 Å². The number of halogens is 1. The minimum absolute atomic E-state index is 0.291. The van der Waals surface area contributed by atoms with E-state index in [2.05, 4.69) is 17.1 Å². The molecule has 0 atom stereocenters. The number of carbonyl (C=O) groups is 1. The summed E-state index contributed by atoms with van der Waals surface area (Å²) in [6.45, 7) is 4.79. The van der Waals surface area contributed by atoms with E-state index in [1.54, 1.807) is 13.2 Å². The highest BCUT2D eigenvalue weighted by molar-refractivity contribution is 5.81. The smallest absolute Gasteiger partial charge is 0.211 e. The molecule has 0 fully saturated rings. The zero-order valence-electron chi connectivity index (χ0n) is 13.9. The second-order valence-electron chi connectivity index (χ2n) is 5.84. The van der Waals surface area contributed by atoms with E-state index in [1.165, 1.54) is 12.1 Å². The average molecular weight is 328 g/mol. The summed E-state index contributed by atoms with van der Waals surface area (Å²) in [6.07, 6.45) is 1.55. The van der Waals surface area contributed by atoms with Gasteiger partial charge in [0.05, 0.1) is 7.11 Å². The van der Waals surface area contributed by atoms with Gasteiger partial charge in [-0.05, 0) is 53.9 Å². The van der Waals surface area contributed by atoms with Crippen LogP contribution in [0.2, 0.25) is 0 Å². The molecule has 0 saturated heterocycles. The van der Waals surface area contributed by atoms with Gasteiger partial charge in [-0.1, -0.05) is 13.0 Å². The molecule has 5 heteroatoms. The van der Waals surface area contributed by atoms with Crippen molar-refractivity contribution in [2.45, 2.75) is 19.9 Å². The SMILES string of the molecule is CCN1CCc2c(-c3cc(F)ccc3OC)ccc(NC=O)c2C1. The van der Waals surface area contributed by atoms with Gasteiger partial charge in [0.15, 0.2) is 0 Å². The van der Waals surface area contributed by atoms with Gasteiger partial charge in [0, 0.05) is 24.3 Å². The summed E-state index contributed by atoms with van der Waals surface area (Å²) in [4.78, 5) is 13.2. The molecule has 0 bridgehead atoms. The molecule has 1 heterocycles. The van der Waals surface area contributed by atoms with E-state index in [1.807, 2.05) is 12.1 Å². The quantitative estimate of drug-likeness (QED) is 0.855. The van der Waals surface area contributed by atoms with Gasteiger partial charge in [-0.2, -0.15) is 0 Å². The van der Waals surface area contributed by atoms with Gasteiger partial charge in [0.25, 0.3) is 0 Å². The minimum Gasteiger partial charge on any atom is -0.496 e. The monoisotopic (exact) mass is 328 g/mol. The average Bonchev–Trinajstić information content (AvgIpc) is 2.61. The predicted molar refractivity (Wildman–Crippen MR) is 92.7 cm³/mol. The number of fused-ring (bicyclic) bond motifs is 1. The Morgan fingerprint density at radius 3 is 2.79 bits per heavy atom. The molecule has 1 aliphatic rings. The Balaban J connectivity index is 2.17. The normalized spacial score (nSPS) is 14.1. The summed E-state index contributed by atoms with van der Waals surface area (Å²) in [6, 6.07) is 8.37. The maximum absolute atomic E-state index is 13.8. The first-order valence-electron chi connectivity index (χ1n) is 8.09. The summed E-state index contributed by atoms with van der Waals surface area (Å²) < 4.78 is 19.2. The summed E-state index contributed by atoms with van der Waals surface area (Å²) >= 11 is 0. The zero-order valence-corrected chi connectivity index (χ0v) is 13.9. The Hall–Kier alpha value is -2.40. The Labute approximate surface area is 141 Å². The van der Waals surface area contributed by atoms with E-state index in [0.29, 0.717) is 12.2 Å². The van der Waals surface area contributed by atoms with Crippen LogP contribution in [0, 0.1) is 5.82 Å². The largest absolute Gasteiger partial charge is 0.496 e. The molecule has 2 aromatic carbocycles. The standard InChI is InChI=1S/C19H21FN2O2/c1-3-22-9-8-15-14(5-6-18(21-12-23)17(15)11-22)16-10-13(20)4-7-19(16)24-2/h4-7,10,12H,3,8-9,11H2,1-2H3,(H,21,23). The predicted octanol–water partition coefficient (Wildman–Crippen LogP) is 3.45. The summed E-state index contributed by atoms with van der Waals surface area (Å²) in [5.41, 5.74) is 4.77. The number of likely N-dealkylation sites (N-methyl/N-ethyl adjacent to an activating group) is 1. The van der Waals surface area contributed by atoms with Crippen LogP contribution < -0.4 is 10.1 Å². The minimum atomic E-state index is -0.291. The molecule has 3 rings (SSSR count). The first-order valence-corrected chi connectivity index (χ1v) is 8.09. The second kappa shape index (κ2) is 7.01. The molecule has 1 amide bonds. The number of carbonyl (C=O) groups excluding carboxylic acids is 1. The third kappa shape index (κ3) is 2.99. The van der Waals surface area contributed by atoms with Gasteiger partial charge in [0.2, 0.25) is 6.41 Å². The molecule has 2 aromatic rings. The van der Waals surface area contributed by atoms with Crippen LogP contribution >= 0.6 is 0 Å². The van der Waals surface area contributed by atoms with Crippen LogP contribution in [0.25, 0.3) is 11.1 Å². The number of methoxy groups -OCH3 is 1. The summed E-state index contributed by atoms with van der Waals surface area (Å²) in [7, 11) is 1.59. The van der Waals surface area contributed by atoms with Crippen LogP contribution in [0.1, 0.15) is 18.1 Å². The van der Waals surface area contributed by atoms with Gasteiger partial charge in [-0.15, -0.1) is 0 Å². The molecular weight excluding hydrogens is 307 g/mol. The van der Waals surface area contributed by atoms with E-state index in [4.69, 9.17) is 4.74 Å². The van der Waals surface area contributed by atoms with E-state index in [9.17, 15) is 9.18 Å². The lowest BCUT2D eigenvalue weighted by atomic mass is 9.89. The lowest BCUT2D eigenvalue weighted by Gasteiger charge is -2.31. The van der Waals surface area contributed by atoms with Crippen LogP contribution in [-0.2, 0) is 17.8 Å². The molecule has 4 nitrogen and oxygen atoms in total. The lowest BCUT2D eigenvalue weighted by Crippen LogP contribution is -2.31. The fourth-order valence-electron chi connectivity index (χ4n) is 3.34. The van der Waals surface area contributed by atoms with E-state index >= 15 is 0 Å². The Morgan fingerprint density at radius 1 is 1.25 bits per heavy atom. The van der Waals surface area contributed by atoms with Crippen molar-refractivity contribution < 1.29 is 13.9 Å². The van der Waals surface area contributed by atoms with Crippen LogP contribution in [0.15, 0.2) is 30.3 Å². The number of nitrogens with zero attached hydrogens (tertiary/aromatic N) is 1. The number of hydrogen-bond donors (Lipinski definition) is 1. The van der Waals surface area contributed by atoms with Crippen molar-refractivity contribution in [2.75, 3.05) is 25.5 Å². The number of hydrogen-bond acceptors (Lipinski definition) is 3. The van der Waals surface area contributed by atoms with E-state index in [-0.39, 0.29) is 5.82 Å². The highest BCUT2D eigenvalue weighted by atomic mass is 19.1. The van der Waals surface area contributed by atoms with Gasteiger partial charge in [0.1, 0.15) is 11.6 Å². The van der Waals surface area contributed by atoms with Gasteiger partial charge < -0.3 is 10.1 Å². The van der Waals surface area contributed by atoms with Crippen molar-refractivity contribution in [3.05, 3.63) is 47.3 Å². The highest BCUT2D eigenvalue weighted by Crippen LogP contribution is 2.38.